The molecule has 0 saturated carbocycles. The molecule has 1 aromatic heterocycles. The van der Waals surface area contributed by atoms with Crippen LogP contribution in [-0.4, -0.2) is 22.2 Å². The molecule has 3 rings (SSSR count). The largest absolute Gasteiger partial charge is 0.368 e. The molecule has 2 N–H and O–H groups in total. The van der Waals surface area contributed by atoms with E-state index in [0.29, 0.717) is 37.0 Å². The predicted octanol–water partition coefficient (Wildman–Crippen LogP) is 4.25. The predicted molar refractivity (Wildman–Crippen MR) is 101 cm³/mol. The lowest BCUT2D eigenvalue weighted by Gasteiger charge is -2.30. The third-order valence-electron chi connectivity index (χ3n) is 5.64. The van der Waals surface area contributed by atoms with E-state index in [4.69, 9.17) is 10.5 Å². The first kappa shape index (κ1) is 20.0. The zero-order chi connectivity index (χ0) is 19.4. The van der Waals surface area contributed by atoms with Gasteiger partial charge in [-0.3, -0.25) is 0 Å². The topological polar surface area (TPSA) is 53.1 Å². The SMILES string of the molecule is CC(C)C(N)CCC[C@H]1CO[C@@](Cn2ccnc2)(c2ccc(F)cc2F)C1. The quantitative estimate of drug-likeness (QED) is 0.748. The van der Waals surface area contributed by atoms with Gasteiger partial charge in [-0.15, -0.1) is 0 Å². The summed E-state index contributed by atoms with van der Waals surface area (Å²) in [5, 5.41) is 0. The molecule has 3 atom stereocenters. The molecule has 0 aliphatic carbocycles. The number of aromatic nitrogens is 2. The van der Waals surface area contributed by atoms with Crippen molar-refractivity contribution in [2.45, 2.75) is 57.7 Å². The van der Waals surface area contributed by atoms with Crippen LogP contribution in [0.15, 0.2) is 36.9 Å². The van der Waals surface area contributed by atoms with E-state index < -0.39 is 17.2 Å². The highest BCUT2D eigenvalue weighted by Gasteiger charge is 2.43. The second-order valence-corrected chi connectivity index (χ2v) is 8.07. The smallest absolute Gasteiger partial charge is 0.132 e. The Labute approximate surface area is 159 Å². The summed E-state index contributed by atoms with van der Waals surface area (Å²) in [7, 11) is 0. The van der Waals surface area contributed by atoms with Gasteiger partial charge in [0.1, 0.15) is 17.2 Å². The van der Waals surface area contributed by atoms with E-state index in [9.17, 15) is 8.78 Å². The monoisotopic (exact) mass is 377 g/mol. The van der Waals surface area contributed by atoms with Crippen molar-refractivity contribution >= 4 is 0 Å². The Morgan fingerprint density at radius 1 is 1.37 bits per heavy atom. The number of imidazole rings is 1. The van der Waals surface area contributed by atoms with Gasteiger partial charge in [0.15, 0.2) is 0 Å². The Morgan fingerprint density at radius 3 is 2.85 bits per heavy atom. The molecule has 0 bridgehead atoms. The molecule has 1 unspecified atom stereocenters. The number of benzene rings is 1. The van der Waals surface area contributed by atoms with E-state index in [1.54, 1.807) is 12.5 Å². The fraction of sp³-hybridized carbons (Fsp3) is 0.571. The second kappa shape index (κ2) is 8.48. The van der Waals surface area contributed by atoms with Gasteiger partial charge in [-0.25, -0.2) is 13.8 Å². The molecule has 1 saturated heterocycles. The van der Waals surface area contributed by atoms with Crippen LogP contribution in [0.5, 0.6) is 0 Å². The summed E-state index contributed by atoms with van der Waals surface area (Å²) in [5.41, 5.74) is 5.76. The third-order valence-corrected chi connectivity index (χ3v) is 5.64. The first-order chi connectivity index (χ1) is 12.9. The molecule has 0 radical (unpaired) electrons. The van der Waals surface area contributed by atoms with Crippen molar-refractivity contribution in [3.8, 4) is 0 Å². The van der Waals surface area contributed by atoms with Crippen LogP contribution in [-0.2, 0) is 16.9 Å². The molecular formula is C21H29F2N3O. The van der Waals surface area contributed by atoms with Gasteiger partial charge in [0.05, 0.1) is 19.5 Å². The zero-order valence-corrected chi connectivity index (χ0v) is 16.1. The Hall–Kier alpha value is -1.79. The van der Waals surface area contributed by atoms with Gasteiger partial charge in [0.2, 0.25) is 0 Å². The van der Waals surface area contributed by atoms with Crippen LogP contribution in [0.25, 0.3) is 0 Å². The third kappa shape index (κ3) is 4.74. The number of hydrogen-bond acceptors (Lipinski definition) is 3. The molecule has 148 valence electrons. The van der Waals surface area contributed by atoms with E-state index in [2.05, 4.69) is 18.8 Å². The minimum absolute atomic E-state index is 0.206. The standard InChI is InChI=1S/C21H29F2N3O/c1-15(2)20(24)5-3-4-16-11-21(27-12-16,13-26-9-8-25-14-26)18-7-6-17(22)10-19(18)23/h6-10,14-16,20H,3-5,11-13,24H2,1-2H3/t16-,20?,21+/m1/s1. The fourth-order valence-corrected chi connectivity index (χ4v) is 3.94. The number of nitrogens with zero attached hydrogens (tertiary/aromatic N) is 2. The molecular weight excluding hydrogens is 348 g/mol. The molecule has 1 aromatic carbocycles. The molecule has 0 amide bonds. The average Bonchev–Trinajstić information content (AvgIpc) is 3.25. The number of rotatable bonds is 8. The lowest BCUT2D eigenvalue weighted by atomic mass is 9.84. The summed E-state index contributed by atoms with van der Waals surface area (Å²) in [6.45, 7) is 5.30. The van der Waals surface area contributed by atoms with E-state index in [1.165, 1.54) is 12.1 Å². The van der Waals surface area contributed by atoms with Gasteiger partial charge >= 0.3 is 0 Å². The first-order valence-electron chi connectivity index (χ1n) is 9.70. The van der Waals surface area contributed by atoms with Crippen molar-refractivity contribution < 1.29 is 13.5 Å². The highest BCUT2D eigenvalue weighted by atomic mass is 19.1. The molecule has 27 heavy (non-hydrogen) atoms. The summed E-state index contributed by atoms with van der Waals surface area (Å²) in [6.07, 6.45) is 8.92. The molecule has 0 spiro atoms. The summed E-state index contributed by atoms with van der Waals surface area (Å²) in [5.74, 6) is -0.334. The van der Waals surface area contributed by atoms with Crippen molar-refractivity contribution in [3.63, 3.8) is 0 Å². The molecule has 6 heteroatoms. The van der Waals surface area contributed by atoms with Crippen LogP contribution >= 0.6 is 0 Å². The summed E-state index contributed by atoms with van der Waals surface area (Å²) in [4.78, 5) is 4.07. The van der Waals surface area contributed by atoms with E-state index >= 15 is 0 Å². The average molecular weight is 377 g/mol. The number of ether oxygens (including phenoxy) is 1. The Morgan fingerprint density at radius 2 is 2.19 bits per heavy atom. The van der Waals surface area contributed by atoms with Gasteiger partial charge < -0.3 is 15.0 Å². The Kier molecular flexibility index (Phi) is 6.27. The summed E-state index contributed by atoms with van der Waals surface area (Å²) < 4.78 is 36.1. The molecule has 2 aromatic rings. The minimum atomic E-state index is -0.802. The van der Waals surface area contributed by atoms with Crippen molar-refractivity contribution in [2.75, 3.05) is 6.61 Å². The highest BCUT2D eigenvalue weighted by Crippen LogP contribution is 2.43. The first-order valence-corrected chi connectivity index (χ1v) is 9.70. The number of nitrogens with two attached hydrogens (primary N) is 1. The lowest BCUT2D eigenvalue weighted by Crippen LogP contribution is -2.32. The van der Waals surface area contributed by atoms with Gasteiger partial charge in [-0.1, -0.05) is 26.3 Å². The van der Waals surface area contributed by atoms with E-state index in [-0.39, 0.29) is 6.04 Å². The lowest BCUT2D eigenvalue weighted by molar-refractivity contribution is -0.0178. The van der Waals surface area contributed by atoms with Gasteiger partial charge in [-0.2, -0.15) is 0 Å². The second-order valence-electron chi connectivity index (χ2n) is 8.07. The van der Waals surface area contributed by atoms with Crippen LogP contribution in [0.4, 0.5) is 8.78 Å². The van der Waals surface area contributed by atoms with Crippen molar-refractivity contribution in [2.24, 2.45) is 17.6 Å². The van der Waals surface area contributed by atoms with Gasteiger partial charge in [0.25, 0.3) is 0 Å². The number of hydrogen-bond donors (Lipinski definition) is 1. The van der Waals surface area contributed by atoms with Crippen LogP contribution in [0.1, 0.15) is 45.1 Å². The molecule has 1 aliphatic heterocycles. The van der Waals surface area contributed by atoms with Crippen LogP contribution in [0, 0.1) is 23.5 Å². The highest BCUT2D eigenvalue weighted by molar-refractivity contribution is 5.26. The van der Waals surface area contributed by atoms with Crippen molar-refractivity contribution in [3.05, 3.63) is 54.1 Å². The minimum Gasteiger partial charge on any atom is -0.368 e. The van der Waals surface area contributed by atoms with Crippen LogP contribution in [0.3, 0.4) is 0 Å². The molecule has 1 aliphatic rings. The van der Waals surface area contributed by atoms with Crippen molar-refractivity contribution in [1.29, 1.82) is 0 Å². The number of halogens is 2. The normalized spacial score (nSPS) is 23.9. The fourth-order valence-electron chi connectivity index (χ4n) is 3.94. The van der Waals surface area contributed by atoms with E-state index in [1.807, 2.05) is 10.8 Å². The van der Waals surface area contributed by atoms with E-state index in [0.717, 1.165) is 25.3 Å². The maximum Gasteiger partial charge on any atom is 0.132 e. The zero-order valence-electron chi connectivity index (χ0n) is 16.1. The van der Waals surface area contributed by atoms with Gasteiger partial charge in [0, 0.05) is 30.1 Å². The van der Waals surface area contributed by atoms with Crippen molar-refractivity contribution in [1.82, 2.24) is 9.55 Å². The Bertz CT molecular complexity index is 735. The molecule has 1 fully saturated rings. The van der Waals surface area contributed by atoms with Crippen LogP contribution in [0.2, 0.25) is 0 Å². The summed E-state index contributed by atoms with van der Waals surface area (Å²) >= 11 is 0. The van der Waals surface area contributed by atoms with Gasteiger partial charge in [-0.05, 0) is 37.2 Å². The molecule has 2 heterocycles. The maximum atomic E-state index is 14.6. The Balaban J connectivity index is 1.74. The molecule has 4 nitrogen and oxygen atoms in total. The maximum absolute atomic E-state index is 14.6. The van der Waals surface area contributed by atoms with Crippen LogP contribution < -0.4 is 5.73 Å². The summed E-state index contributed by atoms with van der Waals surface area (Å²) in [6, 6.07) is 3.95.